The molecular formula is C14H13N2O2P. The van der Waals surface area contributed by atoms with Crippen LogP contribution in [-0.4, -0.2) is 21.1 Å². The maximum atomic E-state index is 12.1. The zero-order chi connectivity index (χ0) is 13.5. The molecule has 4 nitrogen and oxygen atoms in total. The third-order valence-corrected chi connectivity index (χ3v) is 3.97. The first kappa shape index (κ1) is 12.2. The number of aromatic nitrogens is 2. The third kappa shape index (κ3) is 2.09. The van der Waals surface area contributed by atoms with Gasteiger partial charge in [0, 0.05) is 12.4 Å². The molecule has 5 heteroatoms. The first-order valence-electron chi connectivity index (χ1n) is 5.91. The smallest absolute Gasteiger partial charge is 0.261 e. The molecule has 3 aromatic rings. The van der Waals surface area contributed by atoms with E-state index in [4.69, 9.17) is 0 Å². The minimum absolute atomic E-state index is 0.208. The highest BCUT2D eigenvalue weighted by Gasteiger charge is 2.24. The summed E-state index contributed by atoms with van der Waals surface area (Å²) in [6.45, 7) is 1.31. The Morgan fingerprint density at radius 3 is 2.37 bits per heavy atom. The van der Waals surface area contributed by atoms with Crippen molar-refractivity contribution in [2.45, 2.75) is 0 Å². The summed E-state index contributed by atoms with van der Waals surface area (Å²) in [4.78, 5) is 14.2. The molecule has 1 unspecified atom stereocenters. The van der Waals surface area contributed by atoms with Gasteiger partial charge in [-0.2, -0.15) is 0 Å². The van der Waals surface area contributed by atoms with Crippen LogP contribution in [0.4, 0.5) is 0 Å². The van der Waals surface area contributed by atoms with E-state index < -0.39 is 7.37 Å². The molecule has 0 saturated carbocycles. The van der Waals surface area contributed by atoms with Gasteiger partial charge in [0.15, 0.2) is 0 Å². The van der Waals surface area contributed by atoms with Gasteiger partial charge in [0.1, 0.15) is 0 Å². The van der Waals surface area contributed by atoms with E-state index in [-0.39, 0.29) is 5.57 Å². The molecule has 1 heterocycles. The van der Waals surface area contributed by atoms with Crippen molar-refractivity contribution in [1.29, 1.82) is 0 Å². The van der Waals surface area contributed by atoms with E-state index >= 15 is 0 Å². The maximum absolute atomic E-state index is 12.1. The molecule has 2 aromatic carbocycles. The number of para-hydroxylation sites is 3. The topological polar surface area (TPSA) is 55.1 Å². The Bertz CT molecular complexity index is 775. The van der Waals surface area contributed by atoms with Crippen molar-refractivity contribution in [1.82, 2.24) is 9.55 Å². The van der Waals surface area contributed by atoms with E-state index in [2.05, 4.69) is 4.98 Å². The number of imidazole rings is 1. The van der Waals surface area contributed by atoms with Crippen LogP contribution in [0, 0.1) is 0 Å². The van der Waals surface area contributed by atoms with Crippen molar-refractivity contribution in [2.75, 3.05) is 6.66 Å². The predicted molar refractivity (Wildman–Crippen MR) is 76.5 cm³/mol. The van der Waals surface area contributed by atoms with Gasteiger partial charge >= 0.3 is 0 Å². The van der Waals surface area contributed by atoms with Gasteiger partial charge in [0.25, 0.3) is 7.37 Å². The van der Waals surface area contributed by atoms with Crippen LogP contribution in [0.2, 0.25) is 0 Å². The fourth-order valence-corrected chi connectivity index (χ4v) is 3.01. The van der Waals surface area contributed by atoms with Gasteiger partial charge < -0.3 is 4.89 Å². The quantitative estimate of drug-likeness (QED) is 0.729. The van der Waals surface area contributed by atoms with Crippen LogP contribution in [0.15, 0.2) is 54.6 Å². The lowest BCUT2D eigenvalue weighted by molar-refractivity contribution is 0.494. The zero-order valence-corrected chi connectivity index (χ0v) is 11.3. The Balaban J connectivity index is 2.41. The van der Waals surface area contributed by atoms with E-state index in [0.29, 0.717) is 0 Å². The number of fused-ring (bicyclic) bond motifs is 1. The molecule has 0 saturated heterocycles. The number of nitrogens with zero attached hydrogens (tertiary/aromatic N) is 2. The molecule has 3 rings (SSSR count). The summed E-state index contributed by atoms with van der Waals surface area (Å²) in [5.74, 6) is 0. The molecule has 96 valence electrons. The average molecular weight is 272 g/mol. The Morgan fingerprint density at radius 1 is 1.05 bits per heavy atom. The molecule has 0 amide bonds. The monoisotopic (exact) mass is 272 g/mol. The molecule has 0 radical (unpaired) electrons. The van der Waals surface area contributed by atoms with E-state index in [1.54, 1.807) is 4.57 Å². The number of benzene rings is 2. The molecular weight excluding hydrogens is 259 g/mol. The van der Waals surface area contributed by atoms with Crippen molar-refractivity contribution < 1.29 is 9.46 Å². The minimum Gasteiger partial charge on any atom is -0.339 e. The van der Waals surface area contributed by atoms with E-state index in [1.165, 1.54) is 6.66 Å². The van der Waals surface area contributed by atoms with Crippen molar-refractivity contribution in [2.24, 2.45) is 0 Å². The van der Waals surface area contributed by atoms with E-state index in [9.17, 15) is 9.46 Å². The Morgan fingerprint density at radius 2 is 1.68 bits per heavy atom. The van der Waals surface area contributed by atoms with Crippen LogP contribution in [0.5, 0.6) is 0 Å². The van der Waals surface area contributed by atoms with Gasteiger partial charge in [0.05, 0.1) is 11.0 Å². The Kier molecular flexibility index (Phi) is 2.77. The number of hydrogen-bond acceptors (Lipinski definition) is 2. The normalized spacial score (nSPS) is 14.4. The van der Waals surface area contributed by atoms with Crippen molar-refractivity contribution >= 4 is 24.0 Å². The van der Waals surface area contributed by atoms with Gasteiger partial charge in [-0.1, -0.05) is 30.3 Å². The molecule has 0 aliphatic carbocycles. The zero-order valence-electron chi connectivity index (χ0n) is 10.4. The lowest BCUT2D eigenvalue weighted by atomic mass is 10.3. The highest BCUT2D eigenvalue weighted by Crippen LogP contribution is 2.35. The standard InChI is InChI=1S/C14H13N2O2P/c1-19(17,18)14-15-12-9-5-6-10-13(12)16(14)11-7-3-2-4-8-11/h2-10H,1H3,(H,17,18). The van der Waals surface area contributed by atoms with Crippen LogP contribution in [0.1, 0.15) is 0 Å². The first-order valence-corrected chi connectivity index (χ1v) is 8.02. The summed E-state index contributed by atoms with van der Waals surface area (Å²) in [6, 6.07) is 17.0. The van der Waals surface area contributed by atoms with Gasteiger partial charge in [-0.15, -0.1) is 0 Å². The van der Waals surface area contributed by atoms with Crippen LogP contribution >= 0.6 is 7.37 Å². The highest BCUT2D eigenvalue weighted by molar-refractivity contribution is 7.64. The van der Waals surface area contributed by atoms with Crippen molar-refractivity contribution in [3.8, 4) is 5.69 Å². The molecule has 0 aliphatic heterocycles. The largest absolute Gasteiger partial charge is 0.339 e. The molecule has 1 atom stereocenters. The van der Waals surface area contributed by atoms with E-state index in [0.717, 1.165) is 16.7 Å². The summed E-state index contributed by atoms with van der Waals surface area (Å²) in [7, 11) is -3.44. The van der Waals surface area contributed by atoms with Crippen LogP contribution in [-0.2, 0) is 4.57 Å². The highest BCUT2D eigenvalue weighted by atomic mass is 31.2. The van der Waals surface area contributed by atoms with Crippen LogP contribution in [0.25, 0.3) is 16.7 Å². The minimum atomic E-state index is -3.44. The van der Waals surface area contributed by atoms with Crippen LogP contribution in [0.3, 0.4) is 0 Å². The number of rotatable bonds is 2. The van der Waals surface area contributed by atoms with E-state index in [1.807, 2.05) is 54.6 Å². The molecule has 1 aromatic heterocycles. The van der Waals surface area contributed by atoms with Gasteiger partial charge in [-0.3, -0.25) is 9.13 Å². The summed E-state index contributed by atoms with van der Waals surface area (Å²) in [5.41, 5.74) is 2.60. The lowest BCUT2D eigenvalue weighted by Gasteiger charge is -2.10. The summed E-state index contributed by atoms with van der Waals surface area (Å²) in [6.07, 6.45) is 0. The molecule has 1 N–H and O–H groups in total. The molecule has 0 spiro atoms. The Labute approximate surface area is 110 Å². The van der Waals surface area contributed by atoms with Gasteiger partial charge in [-0.05, 0) is 24.3 Å². The molecule has 0 aliphatic rings. The second kappa shape index (κ2) is 4.34. The summed E-state index contributed by atoms with van der Waals surface area (Å²) < 4.78 is 13.8. The van der Waals surface area contributed by atoms with Gasteiger partial charge in [0.2, 0.25) is 5.57 Å². The van der Waals surface area contributed by atoms with Crippen LogP contribution < -0.4 is 5.57 Å². The third-order valence-electron chi connectivity index (χ3n) is 2.93. The predicted octanol–water partition coefficient (Wildman–Crippen LogP) is 2.55. The van der Waals surface area contributed by atoms with Gasteiger partial charge in [-0.25, -0.2) is 4.98 Å². The fraction of sp³-hybridized carbons (Fsp3) is 0.0714. The summed E-state index contributed by atoms with van der Waals surface area (Å²) >= 11 is 0. The lowest BCUT2D eigenvalue weighted by Crippen LogP contribution is -2.17. The fourth-order valence-electron chi connectivity index (χ4n) is 2.12. The second-order valence-electron chi connectivity index (χ2n) is 4.45. The van der Waals surface area contributed by atoms with Crippen molar-refractivity contribution in [3.05, 3.63) is 54.6 Å². The SMILES string of the molecule is CP(=O)(O)c1nc2ccccc2n1-c1ccccc1. The maximum Gasteiger partial charge on any atom is 0.261 e. The average Bonchev–Trinajstić information content (AvgIpc) is 2.79. The first-order chi connectivity index (χ1) is 9.07. The molecule has 19 heavy (non-hydrogen) atoms. The van der Waals surface area contributed by atoms with Crippen molar-refractivity contribution in [3.63, 3.8) is 0 Å². The Hall–Kier alpha value is -1.90. The number of hydrogen-bond donors (Lipinski definition) is 1. The second-order valence-corrected chi connectivity index (χ2v) is 6.61. The molecule has 0 bridgehead atoms. The summed E-state index contributed by atoms with van der Waals surface area (Å²) in [5, 5.41) is 0. The molecule has 0 fully saturated rings.